The maximum Gasteiger partial charge on any atom is 0.336 e. The molecule has 3 aromatic rings. The molecule has 0 bridgehead atoms. The number of rotatable bonds is 4. The van der Waals surface area contributed by atoms with Gasteiger partial charge < -0.3 is 5.11 Å². The fourth-order valence-corrected chi connectivity index (χ4v) is 2.50. The van der Waals surface area contributed by atoms with Gasteiger partial charge in [0, 0.05) is 5.56 Å². The van der Waals surface area contributed by atoms with Gasteiger partial charge in [0.15, 0.2) is 0 Å². The van der Waals surface area contributed by atoms with E-state index in [4.69, 9.17) is 0 Å². The second-order valence-corrected chi connectivity index (χ2v) is 5.43. The van der Waals surface area contributed by atoms with Crippen LogP contribution in [0.5, 0.6) is 0 Å². The number of carboxylic acid groups (broad SMARTS) is 1. The number of hydrogen-bond donors (Lipinski definition) is 1. The van der Waals surface area contributed by atoms with Crippen LogP contribution in [0.25, 0.3) is 0 Å². The number of benzene rings is 2. The number of amides is 2. The molecule has 1 aromatic heterocycles. The lowest BCUT2D eigenvalue weighted by atomic mass is 10.1. The van der Waals surface area contributed by atoms with Gasteiger partial charge in [0.05, 0.1) is 11.1 Å². The Balaban J connectivity index is 2.12. The first-order valence-corrected chi connectivity index (χ1v) is 7.62. The second-order valence-electron chi connectivity index (χ2n) is 5.43. The van der Waals surface area contributed by atoms with Crippen molar-refractivity contribution in [2.24, 2.45) is 0 Å². The number of hydrogen-bond acceptors (Lipinski definition) is 5. The van der Waals surface area contributed by atoms with Crippen LogP contribution in [0.4, 0.5) is 0 Å². The van der Waals surface area contributed by atoms with Crippen molar-refractivity contribution < 1.29 is 19.5 Å². The summed E-state index contributed by atoms with van der Waals surface area (Å²) < 4.78 is 1.12. The first kappa shape index (κ1) is 17.0. The van der Waals surface area contributed by atoms with Crippen LogP contribution in [0.1, 0.15) is 36.6 Å². The molecule has 0 atom stereocenters. The molecule has 0 aliphatic heterocycles. The second kappa shape index (κ2) is 6.98. The van der Waals surface area contributed by atoms with Gasteiger partial charge in [0.25, 0.3) is 11.8 Å². The Morgan fingerprint density at radius 2 is 1.35 bits per heavy atom. The highest BCUT2D eigenvalue weighted by Gasteiger charge is 2.29. The van der Waals surface area contributed by atoms with Crippen molar-refractivity contribution in [3.63, 3.8) is 0 Å². The van der Waals surface area contributed by atoms with Crippen molar-refractivity contribution in [2.75, 3.05) is 5.01 Å². The first-order chi connectivity index (χ1) is 12.5. The summed E-state index contributed by atoms with van der Waals surface area (Å²) in [5, 5.41) is 17.4. The molecular formula is C18H14N4O4. The minimum absolute atomic E-state index is 0.115. The van der Waals surface area contributed by atoms with Gasteiger partial charge in [-0.1, -0.05) is 30.3 Å². The van der Waals surface area contributed by atoms with Crippen molar-refractivity contribution in [2.45, 2.75) is 6.92 Å². The van der Waals surface area contributed by atoms with Crippen molar-refractivity contribution >= 4 is 17.8 Å². The van der Waals surface area contributed by atoms with E-state index in [1.807, 2.05) is 0 Å². The van der Waals surface area contributed by atoms with Gasteiger partial charge in [-0.25, -0.2) is 9.47 Å². The lowest BCUT2D eigenvalue weighted by molar-refractivity contribution is 0.0688. The third-order valence-corrected chi connectivity index (χ3v) is 3.79. The van der Waals surface area contributed by atoms with E-state index in [1.165, 1.54) is 36.9 Å². The van der Waals surface area contributed by atoms with Crippen LogP contribution in [-0.2, 0) is 0 Å². The van der Waals surface area contributed by atoms with Crippen molar-refractivity contribution in [3.05, 3.63) is 83.4 Å². The largest absolute Gasteiger partial charge is 0.478 e. The minimum Gasteiger partial charge on any atom is -0.478 e. The number of carbonyl (C=O) groups excluding carboxylic acids is 2. The van der Waals surface area contributed by atoms with E-state index in [1.54, 1.807) is 31.2 Å². The lowest BCUT2D eigenvalue weighted by Crippen LogP contribution is -2.45. The van der Waals surface area contributed by atoms with Crippen molar-refractivity contribution in [3.8, 4) is 0 Å². The van der Waals surface area contributed by atoms with Gasteiger partial charge in [-0.3, -0.25) is 9.59 Å². The maximum absolute atomic E-state index is 13.1. The Labute approximate surface area is 148 Å². The van der Waals surface area contributed by atoms with Crippen LogP contribution in [0.2, 0.25) is 0 Å². The summed E-state index contributed by atoms with van der Waals surface area (Å²) in [6, 6.07) is 12.5. The van der Waals surface area contributed by atoms with Crippen LogP contribution in [-0.4, -0.2) is 37.8 Å². The van der Waals surface area contributed by atoms with Gasteiger partial charge >= 0.3 is 5.97 Å². The molecule has 26 heavy (non-hydrogen) atoms. The SMILES string of the molecule is Cc1ccccc1C(=O)N(C(=O)c1ccccc1C(=O)O)n1cnnc1. The van der Waals surface area contributed by atoms with Crippen LogP contribution in [0, 0.1) is 6.92 Å². The fourth-order valence-electron chi connectivity index (χ4n) is 2.50. The molecule has 0 saturated heterocycles. The number of aromatic nitrogens is 3. The van der Waals surface area contributed by atoms with Crippen LogP contribution >= 0.6 is 0 Å². The normalized spacial score (nSPS) is 10.3. The zero-order valence-electron chi connectivity index (χ0n) is 13.7. The third kappa shape index (κ3) is 3.07. The third-order valence-electron chi connectivity index (χ3n) is 3.79. The molecule has 3 rings (SSSR count). The molecule has 0 spiro atoms. The Morgan fingerprint density at radius 1 is 0.846 bits per heavy atom. The molecule has 0 aliphatic carbocycles. The smallest absolute Gasteiger partial charge is 0.336 e. The first-order valence-electron chi connectivity index (χ1n) is 7.62. The molecule has 0 aliphatic rings. The molecule has 130 valence electrons. The summed E-state index contributed by atoms with van der Waals surface area (Å²) in [4.78, 5) is 37.5. The zero-order chi connectivity index (χ0) is 18.7. The molecule has 2 aromatic carbocycles. The molecule has 0 unspecified atom stereocenters. The highest BCUT2D eigenvalue weighted by atomic mass is 16.4. The topological polar surface area (TPSA) is 105 Å². The monoisotopic (exact) mass is 350 g/mol. The quantitative estimate of drug-likeness (QED) is 0.721. The van der Waals surface area contributed by atoms with E-state index < -0.39 is 17.8 Å². The molecule has 1 N–H and O–H groups in total. The van der Waals surface area contributed by atoms with Gasteiger partial charge in [-0.2, -0.15) is 5.01 Å². The molecule has 0 saturated carbocycles. The predicted octanol–water partition coefficient (Wildman–Crippen LogP) is 1.90. The Morgan fingerprint density at radius 3 is 1.92 bits per heavy atom. The molecule has 8 heteroatoms. The summed E-state index contributed by atoms with van der Waals surface area (Å²) in [5.74, 6) is -2.68. The standard InChI is InChI=1S/C18H14N4O4/c1-12-6-2-3-7-13(12)16(23)22(21-10-19-20-11-21)17(24)14-8-4-5-9-15(14)18(25)26/h2-11H,1H3,(H,25,26). The molecule has 0 radical (unpaired) electrons. The van der Waals surface area contributed by atoms with E-state index in [0.29, 0.717) is 11.1 Å². The van der Waals surface area contributed by atoms with Gasteiger partial charge in [0.1, 0.15) is 12.7 Å². The fraction of sp³-hybridized carbons (Fsp3) is 0.0556. The average molecular weight is 350 g/mol. The lowest BCUT2D eigenvalue weighted by Gasteiger charge is -2.22. The van der Waals surface area contributed by atoms with E-state index >= 15 is 0 Å². The molecule has 1 heterocycles. The molecule has 0 fully saturated rings. The van der Waals surface area contributed by atoms with Crippen LogP contribution in [0.3, 0.4) is 0 Å². The number of aryl methyl sites for hydroxylation is 1. The van der Waals surface area contributed by atoms with E-state index in [9.17, 15) is 19.5 Å². The van der Waals surface area contributed by atoms with E-state index in [2.05, 4.69) is 10.2 Å². The Hall–Kier alpha value is -3.81. The molecular weight excluding hydrogens is 336 g/mol. The summed E-state index contributed by atoms with van der Waals surface area (Å²) in [7, 11) is 0. The van der Waals surface area contributed by atoms with Gasteiger partial charge in [0.2, 0.25) is 0 Å². The summed E-state index contributed by atoms with van der Waals surface area (Å²) in [5.41, 5.74) is 0.668. The Kier molecular flexibility index (Phi) is 4.57. The highest BCUT2D eigenvalue weighted by molar-refractivity contribution is 6.23. The maximum atomic E-state index is 13.1. The number of aromatic carboxylic acids is 1. The van der Waals surface area contributed by atoms with Crippen molar-refractivity contribution in [1.82, 2.24) is 14.9 Å². The van der Waals surface area contributed by atoms with Crippen LogP contribution < -0.4 is 5.01 Å². The number of imide groups is 1. The number of nitrogens with zero attached hydrogens (tertiary/aromatic N) is 4. The summed E-state index contributed by atoms with van der Waals surface area (Å²) in [6.45, 7) is 1.74. The van der Waals surface area contributed by atoms with Gasteiger partial charge in [-0.05, 0) is 30.7 Å². The average Bonchev–Trinajstić information content (AvgIpc) is 3.16. The zero-order valence-corrected chi connectivity index (χ0v) is 13.7. The Bertz CT molecular complexity index is 982. The predicted molar refractivity (Wildman–Crippen MR) is 91.5 cm³/mol. The van der Waals surface area contributed by atoms with Crippen LogP contribution in [0.15, 0.2) is 61.2 Å². The van der Waals surface area contributed by atoms with E-state index in [0.717, 1.165) is 9.69 Å². The molecule has 8 nitrogen and oxygen atoms in total. The van der Waals surface area contributed by atoms with Crippen molar-refractivity contribution in [1.29, 1.82) is 0 Å². The summed E-state index contributed by atoms with van der Waals surface area (Å²) >= 11 is 0. The van der Waals surface area contributed by atoms with Gasteiger partial charge in [-0.15, -0.1) is 10.2 Å². The molecule has 2 amide bonds. The summed E-state index contributed by atoms with van der Waals surface area (Å²) in [6.07, 6.45) is 2.38. The number of carbonyl (C=O) groups is 3. The van der Waals surface area contributed by atoms with E-state index in [-0.39, 0.29) is 11.1 Å². The minimum atomic E-state index is -1.26. The number of carboxylic acids is 1. The highest BCUT2D eigenvalue weighted by Crippen LogP contribution is 2.16.